The molecule has 96 valence electrons. The van der Waals surface area contributed by atoms with Gasteiger partial charge in [0.05, 0.1) is 0 Å². The van der Waals surface area contributed by atoms with Crippen LogP contribution in [0.5, 0.6) is 0 Å². The van der Waals surface area contributed by atoms with Gasteiger partial charge in [-0.3, -0.25) is 0 Å². The minimum Gasteiger partial charge on any atom is -0.313 e. The van der Waals surface area contributed by atoms with E-state index in [0.29, 0.717) is 11.5 Å². The Hall–Kier alpha value is 0.140. The van der Waals surface area contributed by atoms with Gasteiger partial charge in [0.25, 0.3) is 0 Å². The number of hydrogen-bond donors (Lipinski definition) is 1. The van der Waals surface area contributed by atoms with Gasteiger partial charge in [-0.25, -0.2) is 0 Å². The molecular weight excluding hydrogens is 294 g/mol. The lowest BCUT2D eigenvalue weighted by Gasteiger charge is -2.34. The van der Waals surface area contributed by atoms with Gasteiger partial charge >= 0.3 is 0 Å². The molecule has 1 N–H and O–H groups in total. The Morgan fingerprint density at radius 2 is 2.18 bits per heavy atom. The molecule has 1 aliphatic carbocycles. The van der Waals surface area contributed by atoms with Crippen LogP contribution in [0.1, 0.15) is 44.4 Å². The fourth-order valence-electron chi connectivity index (χ4n) is 3.00. The van der Waals surface area contributed by atoms with Crippen LogP contribution in [-0.2, 0) is 6.42 Å². The summed E-state index contributed by atoms with van der Waals surface area (Å²) in [4.78, 5) is 1.50. The summed E-state index contributed by atoms with van der Waals surface area (Å²) in [6, 6.07) is 2.91. The molecule has 17 heavy (non-hydrogen) atoms. The second-order valence-corrected chi connectivity index (χ2v) is 7.32. The molecule has 1 nitrogen and oxygen atoms in total. The monoisotopic (exact) mass is 315 g/mol. The van der Waals surface area contributed by atoms with Gasteiger partial charge in [-0.1, -0.05) is 26.7 Å². The third kappa shape index (κ3) is 3.33. The Balaban J connectivity index is 2.06. The van der Waals surface area contributed by atoms with Crippen LogP contribution in [0.25, 0.3) is 0 Å². The Bertz CT molecular complexity index is 355. The van der Waals surface area contributed by atoms with Gasteiger partial charge in [-0.2, -0.15) is 0 Å². The fourth-order valence-corrected chi connectivity index (χ4v) is 4.50. The van der Waals surface area contributed by atoms with Crippen molar-refractivity contribution in [1.82, 2.24) is 5.32 Å². The molecule has 1 saturated carbocycles. The summed E-state index contributed by atoms with van der Waals surface area (Å²) in [6.45, 7) is 5.76. The molecule has 1 atom stereocenters. The number of rotatable bonds is 5. The smallest absolute Gasteiger partial charge is 0.0285 e. The van der Waals surface area contributed by atoms with E-state index in [0.717, 1.165) is 6.54 Å². The third-order valence-corrected chi connectivity index (χ3v) is 5.78. The van der Waals surface area contributed by atoms with E-state index in [4.69, 9.17) is 0 Å². The van der Waals surface area contributed by atoms with Crippen LogP contribution in [0.2, 0.25) is 0 Å². The van der Waals surface area contributed by atoms with Gasteiger partial charge in [0.1, 0.15) is 0 Å². The second-order valence-electron chi connectivity index (χ2n) is 5.41. The highest BCUT2D eigenvalue weighted by Gasteiger charge is 2.36. The molecule has 1 aromatic rings. The van der Waals surface area contributed by atoms with Crippen molar-refractivity contribution in [2.75, 3.05) is 6.54 Å². The zero-order valence-electron chi connectivity index (χ0n) is 10.8. The molecule has 0 spiro atoms. The highest BCUT2D eigenvalue weighted by Crippen LogP contribution is 2.42. The van der Waals surface area contributed by atoms with E-state index in [1.807, 2.05) is 11.3 Å². The summed E-state index contributed by atoms with van der Waals surface area (Å²) in [6.07, 6.45) is 6.77. The average Bonchev–Trinajstić information content (AvgIpc) is 2.88. The van der Waals surface area contributed by atoms with Crippen LogP contribution >= 0.6 is 27.3 Å². The molecule has 1 aromatic heterocycles. The van der Waals surface area contributed by atoms with Gasteiger partial charge in [-0.15, -0.1) is 11.3 Å². The molecule has 3 heteroatoms. The number of hydrogen-bond acceptors (Lipinski definition) is 2. The Labute approximate surface area is 117 Å². The highest BCUT2D eigenvalue weighted by atomic mass is 79.9. The van der Waals surface area contributed by atoms with Crippen molar-refractivity contribution in [1.29, 1.82) is 0 Å². The molecule has 0 aliphatic heterocycles. The number of halogens is 1. The van der Waals surface area contributed by atoms with Crippen LogP contribution in [0.15, 0.2) is 15.9 Å². The Kier molecular flexibility index (Phi) is 4.67. The number of thiophene rings is 1. The molecule has 1 heterocycles. The zero-order chi connectivity index (χ0) is 12.3. The van der Waals surface area contributed by atoms with Crippen molar-refractivity contribution in [2.24, 2.45) is 5.41 Å². The van der Waals surface area contributed by atoms with Crippen LogP contribution < -0.4 is 5.32 Å². The highest BCUT2D eigenvalue weighted by molar-refractivity contribution is 9.10. The number of nitrogens with one attached hydrogen (secondary N) is 1. The van der Waals surface area contributed by atoms with E-state index >= 15 is 0 Å². The standard InChI is InChI=1S/C14H22BrNS/c1-3-16-13(14(2)6-4-5-7-14)9-12-8-11(15)10-17-12/h8,10,13,16H,3-7,9H2,1-2H3. The third-order valence-electron chi connectivity index (χ3n) is 4.06. The van der Waals surface area contributed by atoms with Crippen molar-refractivity contribution in [2.45, 2.75) is 52.0 Å². The first-order valence-electron chi connectivity index (χ1n) is 6.60. The molecule has 1 aliphatic rings. The lowest BCUT2D eigenvalue weighted by molar-refractivity contribution is 0.223. The fraction of sp³-hybridized carbons (Fsp3) is 0.714. The van der Waals surface area contributed by atoms with E-state index in [9.17, 15) is 0 Å². The normalized spacial score (nSPS) is 20.6. The lowest BCUT2D eigenvalue weighted by Crippen LogP contribution is -2.43. The van der Waals surface area contributed by atoms with E-state index < -0.39 is 0 Å². The molecule has 0 amide bonds. The van der Waals surface area contributed by atoms with Crippen molar-refractivity contribution in [3.63, 3.8) is 0 Å². The first-order chi connectivity index (χ1) is 8.14. The summed E-state index contributed by atoms with van der Waals surface area (Å²) in [5.74, 6) is 0. The van der Waals surface area contributed by atoms with E-state index in [1.165, 1.54) is 41.5 Å². The first kappa shape index (κ1) is 13.6. The predicted octanol–water partition coefficient (Wildman–Crippen LogP) is 4.61. The zero-order valence-corrected chi connectivity index (χ0v) is 13.2. The van der Waals surface area contributed by atoms with Crippen LogP contribution in [0, 0.1) is 5.41 Å². The molecular formula is C14H22BrNS. The average molecular weight is 316 g/mol. The van der Waals surface area contributed by atoms with Gasteiger partial charge < -0.3 is 5.32 Å². The van der Waals surface area contributed by atoms with Crippen molar-refractivity contribution < 1.29 is 0 Å². The van der Waals surface area contributed by atoms with Crippen LogP contribution in [-0.4, -0.2) is 12.6 Å². The van der Waals surface area contributed by atoms with Crippen molar-refractivity contribution in [3.05, 3.63) is 20.8 Å². The maximum atomic E-state index is 3.71. The predicted molar refractivity (Wildman–Crippen MR) is 79.8 cm³/mol. The van der Waals surface area contributed by atoms with Gasteiger partial charge in [0.15, 0.2) is 0 Å². The summed E-state index contributed by atoms with van der Waals surface area (Å²) in [5, 5.41) is 5.90. The summed E-state index contributed by atoms with van der Waals surface area (Å²) in [5.41, 5.74) is 0.506. The van der Waals surface area contributed by atoms with Gasteiger partial charge in [0.2, 0.25) is 0 Å². The molecule has 2 rings (SSSR count). The molecule has 0 radical (unpaired) electrons. The minimum atomic E-state index is 0.506. The van der Waals surface area contributed by atoms with Crippen LogP contribution in [0.3, 0.4) is 0 Å². The van der Waals surface area contributed by atoms with E-state index in [1.54, 1.807) is 0 Å². The van der Waals surface area contributed by atoms with E-state index in [-0.39, 0.29) is 0 Å². The Morgan fingerprint density at radius 1 is 1.47 bits per heavy atom. The Morgan fingerprint density at radius 3 is 2.71 bits per heavy atom. The van der Waals surface area contributed by atoms with Crippen molar-refractivity contribution in [3.8, 4) is 0 Å². The summed E-state index contributed by atoms with van der Waals surface area (Å²) < 4.78 is 1.23. The SMILES string of the molecule is CCNC(Cc1cc(Br)cs1)C1(C)CCCC1. The maximum Gasteiger partial charge on any atom is 0.0285 e. The summed E-state index contributed by atoms with van der Waals surface area (Å²) in [7, 11) is 0. The van der Waals surface area contributed by atoms with Crippen molar-refractivity contribution >= 4 is 27.3 Å². The number of likely N-dealkylation sites (N-methyl/N-ethyl adjacent to an activating group) is 1. The van der Waals surface area contributed by atoms with Crippen LogP contribution in [0.4, 0.5) is 0 Å². The largest absolute Gasteiger partial charge is 0.313 e. The molecule has 0 saturated heterocycles. The quantitative estimate of drug-likeness (QED) is 0.836. The lowest BCUT2D eigenvalue weighted by atomic mass is 9.79. The van der Waals surface area contributed by atoms with Gasteiger partial charge in [-0.05, 0) is 53.2 Å². The second kappa shape index (κ2) is 5.85. The van der Waals surface area contributed by atoms with Gasteiger partial charge in [0, 0.05) is 20.8 Å². The van der Waals surface area contributed by atoms with E-state index in [2.05, 4.69) is 46.5 Å². The molecule has 0 bridgehead atoms. The summed E-state index contributed by atoms with van der Waals surface area (Å²) >= 11 is 5.42. The molecule has 1 unspecified atom stereocenters. The first-order valence-corrected chi connectivity index (χ1v) is 8.27. The maximum absolute atomic E-state index is 3.71. The molecule has 0 aromatic carbocycles. The molecule has 1 fully saturated rings. The minimum absolute atomic E-state index is 0.506. The topological polar surface area (TPSA) is 12.0 Å².